The quantitative estimate of drug-likeness (QED) is 0.844. The van der Waals surface area contributed by atoms with Crippen LogP contribution in [0.4, 0.5) is 0 Å². The predicted octanol–water partition coefficient (Wildman–Crippen LogP) is 1.51. The molecular formula is C14H14N2O3. The maximum Gasteiger partial charge on any atom is 0.267 e. The molecule has 0 atom stereocenters. The van der Waals surface area contributed by atoms with Gasteiger partial charge in [-0.15, -0.1) is 0 Å². The molecule has 1 N–H and O–H groups in total. The zero-order valence-electron chi connectivity index (χ0n) is 10.8. The second-order valence-electron chi connectivity index (χ2n) is 4.20. The molecule has 2 aromatic rings. The average Bonchev–Trinajstić information content (AvgIpc) is 2.43. The topological polar surface area (TPSA) is 72.1 Å². The second-order valence-corrected chi connectivity index (χ2v) is 4.20. The molecule has 0 spiro atoms. The van der Waals surface area contributed by atoms with Gasteiger partial charge in [0, 0.05) is 11.1 Å². The fourth-order valence-corrected chi connectivity index (χ4v) is 1.71. The van der Waals surface area contributed by atoms with Crippen LogP contribution in [0.1, 0.15) is 21.6 Å². The molecule has 0 saturated carbocycles. The van der Waals surface area contributed by atoms with E-state index in [4.69, 9.17) is 4.74 Å². The van der Waals surface area contributed by atoms with Crippen molar-refractivity contribution in [3.05, 3.63) is 57.5 Å². The van der Waals surface area contributed by atoms with Crippen LogP contribution in [0.5, 0.6) is 5.75 Å². The van der Waals surface area contributed by atoms with Gasteiger partial charge >= 0.3 is 0 Å². The minimum atomic E-state index is -0.238. The Morgan fingerprint density at radius 3 is 2.84 bits per heavy atom. The highest BCUT2D eigenvalue weighted by Crippen LogP contribution is 2.14. The zero-order valence-corrected chi connectivity index (χ0v) is 10.8. The Labute approximate surface area is 110 Å². The third-order valence-corrected chi connectivity index (χ3v) is 2.78. The van der Waals surface area contributed by atoms with E-state index in [2.05, 4.69) is 10.2 Å². The molecule has 0 amide bonds. The summed E-state index contributed by atoms with van der Waals surface area (Å²) in [4.78, 5) is 23.3. The number of Topliss-reactive ketones (excluding diaryl/α,β-unsaturated/α-hetero) is 1. The molecule has 0 aliphatic carbocycles. The van der Waals surface area contributed by atoms with E-state index in [0.29, 0.717) is 22.6 Å². The molecule has 2 rings (SSSR count). The Morgan fingerprint density at radius 2 is 2.16 bits per heavy atom. The number of nitrogens with one attached hydrogen (secondary N) is 1. The molecule has 0 fully saturated rings. The third-order valence-electron chi connectivity index (χ3n) is 2.78. The number of aromatic nitrogens is 2. The molecular weight excluding hydrogens is 244 g/mol. The van der Waals surface area contributed by atoms with Crippen molar-refractivity contribution in [2.75, 3.05) is 7.11 Å². The highest BCUT2D eigenvalue weighted by molar-refractivity contribution is 5.97. The second kappa shape index (κ2) is 5.48. The van der Waals surface area contributed by atoms with E-state index in [1.165, 1.54) is 0 Å². The van der Waals surface area contributed by atoms with Gasteiger partial charge in [0.05, 0.1) is 19.2 Å². The molecule has 0 bridgehead atoms. The van der Waals surface area contributed by atoms with Crippen LogP contribution in [-0.2, 0) is 6.42 Å². The van der Waals surface area contributed by atoms with Gasteiger partial charge in [-0.25, -0.2) is 5.10 Å². The number of H-pyrrole nitrogens is 1. The normalized spacial score (nSPS) is 10.2. The van der Waals surface area contributed by atoms with E-state index < -0.39 is 0 Å². The SMILES string of the molecule is COc1cccc(C(=O)Cc2cc(C)c(=O)[nH]n2)c1. The van der Waals surface area contributed by atoms with Crippen LogP contribution in [0.25, 0.3) is 0 Å². The van der Waals surface area contributed by atoms with Crippen molar-refractivity contribution in [1.82, 2.24) is 10.2 Å². The molecule has 0 aliphatic rings. The fraction of sp³-hybridized carbons (Fsp3) is 0.214. The highest BCUT2D eigenvalue weighted by atomic mass is 16.5. The molecule has 98 valence electrons. The van der Waals surface area contributed by atoms with Crippen molar-refractivity contribution < 1.29 is 9.53 Å². The van der Waals surface area contributed by atoms with E-state index in [-0.39, 0.29) is 17.8 Å². The molecule has 5 heteroatoms. The van der Waals surface area contributed by atoms with E-state index in [1.54, 1.807) is 44.4 Å². The van der Waals surface area contributed by atoms with E-state index in [1.807, 2.05) is 0 Å². The van der Waals surface area contributed by atoms with Gasteiger partial charge in [0.15, 0.2) is 5.78 Å². The van der Waals surface area contributed by atoms with Gasteiger partial charge in [-0.2, -0.15) is 5.10 Å². The first-order chi connectivity index (χ1) is 9.10. The maximum absolute atomic E-state index is 12.1. The molecule has 0 radical (unpaired) electrons. The van der Waals surface area contributed by atoms with E-state index >= 15 is 0 Å². The number of nitrogens with zero attached hydrogens (tertiary/aromatic N) is 1. The summed E-state index contributed by atoms with van der Waals surface area (Å²) in [6, 6.07) is 8.57. The lowest BCUT2D eigenvalue weighted by Gasteiger charge is -2.04. The summed E-state index contributed by atoms with van der Waals surface area (Å²) in [5, 5.41) is 6.22. The lowest BCUT2D eigenvalue weighted by atomic mass is 10.1. The van der Waals surface area contributed by atoms with Crippen LogP contribution >= 0.6 is 0 Å². The monoisotopic (exact) mass is 258 g/mol. The smallest absolute Gasteiger partial charge is 0.267 e. The molecule has 19 heavy (non-hydrogen) atoms. The Kier molecular flexibility index (Phi) is 3.75. The fourth-order valence-electron chi connectivity index (χ4n) is 1.71. The molecule has 0 aliphatic heterocycles. The maximum atomic E-state index is 12.1. The Hall–Kier alpha value is -2.43. The number of hydrogen-bond acceptors (Lipinski definition) is 4. The molecule has 1 heterocycles. The van der Waals surface area contributed by atoms with Gasteiger partial charge in [-0.1, -0.05) is 12.1 Å². The largest absolute Gasteiger partial charge is 0.497 e. The molecule has 1 aromatic carbocycles. The predicted molar refractivity (Wildman–Crippen MR) is 70.6 cm³/mol. The van der Waals surface area contributed by atoms with Crippen LogP contribution in [-0.4, -0.2) is 23.1 Å². The van der Waals surface area contributed by atoms with E-state index in [0.717, 1.165) is 0 Å². The van der Waals surface area contributed by atoms with Gasteiger partial charge in [0.1, 0.15) is 5.75 Å². The molecule has 5 nitrogen and oxygen atoms in total. The van der Waals surface area contributed by atoms with Crippen LogP contribution in [0, 0.1) is 6.92 Å². The summed E-state index contributed by atoms with van der Waals surface area (Å²) in [5.41, 5.74) is 1.41. The Bertz CT molecular complexity index is 662. The third kappa shape index (κ3) is 3.07. The van der Waals surface area contributed by atoms with Gasteiger partial charge in [0.2, 0.25) is 0 Å². The number of benzene rings is 1. The van der Waals surface area contributed by atoms with Crippen molar-refractivity contribution in [2.45, 2.75) is 13.3 Å². The first kappa shape index (κ1) is 13.0. The van der Waals surface area contributed by atoms with Crippen LogP contribution in [0.2, 0.25) is 0 Å². The number of rotatable bonds is 4. The zero-order chi connectivity index (χ0) is 13.8. The minimum absolute atomic E-state index is 0.0714. The van der Waals surface area contributed by atoms with Gasteiger partial charge in [0.25, 0.3) is 5.56 Å². The van der Waals surface area contributed by atoms with Crippen molar-refractivity contribution in [3.63, 3.8) is 0 Å². The first-order valence-corrected chi connectivity index (χ1v) is 5.82. The molecule has 0 saturated heterocycles. The standard InChI is InChI=1S/C14H14N2O3/c1-9-6-11(15-16-14(9)18)8-13(17)10-4-3-5-12(7-10)19-2/h3-7H,8H2,1-2H3,(H,16,18). The van der Waals surface area contributed by atoms with Crippen LogP contribution in [0.3, 0.4) is 0 Å². The van der Waals surface area contributed by atoms with Crippen LogP contribution < -0.4 is 10.3 Å². The summed E-state index contributed by atoms with van der Waals surface area (Å²) < 4.78 is 5.07. The Morgan fingerprint density at radius 1 is 1.37 bits per heavy atom. The highest BCUT2D eigenvalue weighted by Gasteiger charge is 2.10. The van der Waals surface area contributed by atoms with Gasteiger partial charge in [-0.3, -0.25) is 9.59 Å². The van der Waals surface area contributed by atoms with Gasteiger partial charge in [-0.05, 0) is 25.1 Å². The van der Waals surface area contributed by atoms with Crippen molar-refractivity contribution >= 4 is 5.78 Å². The molecule has 1 aromatic heterocycles. The lowest BCUT2D eigenvalue weighted by Crippen LogP contribution is -2.15. The number of ketones is 1. The number of aromatic amines is 1. The number of aryl methyl sites for hydroxylation is 1. The Balaban J connectivity index is 2.20. The number of hydrogen-bond donors (Lipinski definition) is 1. The van der Waals surface area contributed by atoms with Gasteiger partial charge < -0.3 is 4.74 Å². The molecule has 0 unspecified atom stereocenters. The number of carbonyl (C=O) groups is 1. The average molecular weight is 258 g/mol. The summed E-state index contributed by atoms with van der Waals surface area (Å²) in [5.74, 6) is 0.564. The number of carbonyl (C=O) groups excluding carboxylic acids is 1. The summed E-state index contributed by atoms with van der Waals surface area (Å²) in [7, 11) is 1.55. The summed E-state index contributed by atoms with van der Waals surface area (Å²) in [6.07, 6.45) is 0.144. The first-order valence-electron chi connectivity index (χ1n) is 5.82. The number of ether oxygens (including phenoxy) is 1. The summed E-state index contributed by atoms with van der Waals surface area (Å²) >= 11 is 0. The summed E-state index contributed by atoms with van der Waals surface area (Å²) in [6.45, 7) is 1.68. The van der Waals surface area contributed by atoms with Crippen LogP contribution in [0.15, 0.2) is 35.1 Å². The van der Waals surface area contributed by atoms with Crippen molar-refractivity contribution in [2.24, 2.45) is 0 Å². The lowest BCUT2D eigenvalue weighted by molar-refractivity contribution is 0.0991. The minimum Gasteiger partial charge on any atom is -0.497 e. The van der Waals surface area contributed by atoms with E-state index in [9.17, 15) is 9.59 Å². The van der Waals surface area contributed by atoms with Crippen molar-refractivity contribution in [1.29, 1.82) is 0 Å². The van der Waals surface area contributed by atoms with Crippen molar-refractivity contribution in [3.8, 4) is 5.75 Å². The number of methoxy groups -OCH3 is 1.